The Balaban J connectivity index is 3.39. The summed E-state index contributed by atoms with van der Waals surface area (Å²) in [5, 5.41) is 10.7. The van der Waals surface area contributed by atoms with Crippen LogP contribution in [0.5, 0.6) is 11.6 Å². The Morgan fingerprint density at radius 1 is 1.56 bits per heavy atom. The lowest BCUT2D eigenvalue weighted by atomic mass is 10.3. The molecule has 0 fully saturated rings. The molecule has 0 amide bonds. The zero-order valence-corrected chi connectivity index (χ0v) is 9.58. The summed E-state index contributed by atoms with van der Waals surface area (Å²) < 4.78 is 44.6. The van der Waals surface area contributed by atoms with Gasteiger partial charge in [0.25, 0.3) is 0 Å². The largest absolute Gasteiger partial charge is 0.573 e. The first-order valence-electron chi connectivity index (χ1n) is 4.32. The highest BCUT2D eigenvalue weighted by Crippen LogP contribution is 2.37. The van der Waals surface area contributed by atoms with Crippen molar-refractivity contribution in [3.63, 3.8) is 0 Å². The maximum Gasteiger partial charge on any atom is 0.573 e. The molecule has 0 atom stereocenters. The van der Waals surface area contributed by atoms with Gasteiger partial charge in [-0.05, 0) is 0 Å². The molecule has 1 heterocycles. The third-order valence-corrected chi connectivity index (χ3v) is 2.00. The van der Waals surface area contributed by atoms with Gasteiger partial charge in [0.15, 0.2) is 0 Å². The Labute approximate surface area is 103 Å². The van der Waals surface area contributed by atoms with E-state index in [1.165, 1.54) is 0 Å². The van der Waals surface area contributed by atoms with Crippen molar-refractivity contribution in [3.05, 3.63) is 21.9 Å². The molecular weight excluding hydrogens is 281 g/mol. The average molecular weight is 287 g/mol. The van der Waals surface area contributed by atoms with Gasteiger partial charge in [0.05, 0.1) is 24.0 Å². The fraction of sp³-hybridized carbons (Fsp3) is 0.375. The minimum atomic E-state index is -5.08. The highest BCUT2D eigenvalue weighted by Gasteiger charge is 2.36. The zero-order valence-electron chi connectivity index (χ0n) is 8.82. The van der Waals surface area contributed by atoms with Gasteiger partial charge in [0.1, 0.15) is 5.69 Å². The van der Waals surface area contributed by atoms with E-state index in [-0.39, 0.29) is 5.88 Å². The minimum Gasteiger partial charge on any atom is -0.481 e. The number of methoxy groups -OCH3 is 1. The zero-order chi connectivity index (χ0) is 13.9. The van der Waals surface area contributed by atoms with Crippen molar-refractivity contribution < 1.29 is 27.6 Å². The topological polar surface area (TPSA) is 74.5 Å². The molecule has 0 bridgehead atoms. The van der Waals surface area contributed by atoms with Crippen molar-refractivity contribution in [1.29, 1.82) is 0 Å². The van der Waals surface area contributed by atoms with Crippen LogP contribution in [0.25, 0.3) is 0 Å². The summed E-state index contributed by atoms with van der Waals surface area (Å²) in [6.45, 7) is 0. The Hall–Kier alpha value is -1.77. The van der Waals surface area contributed by atoms with Gasteiger partial charge in [-0.15, -0.1) is 24.8 Å². The SMILES string of the molecule is COc1cc([N+](=O)[O-])c(OC(F)(F)F)c(CCl)n1. The summed E-state index contributed by atoms with van der Waals surface area (Å²) in [5.74, 6) is -1.76. The van der Waals surface area contributed by atoms with Gasteiger partial charge in [0, 0.05) is 0 Å². The summed E-state index contributed by atoms with van der Waals surface area (Å²) in [6, 6.07) is 0.719. The van der Waals surface area contributed by atoms with E-state index >= 15 is 0 Å². The lowest BCUT2D eigenvalue weighted by molar-refractivity contribution is -0.388. The van der Waals surface area contributed by atoms with Crippen molar-refractivity contribution in [3.8, 4) is 11.6 Å². The maximum atomic E-state index is 12.1. The average Bonchev–Trinajstić information content (AvgIpc) is 2.26. The first-order chi connectivity index (χ1) is 8.28. The number of ether oxygens (including phenoxy) is 2. The van der Waals surface area contributed by atoms with E-state index in [1.54, 1.807) is 0 Å². The minimum absolute atomic E-state index is 0.230. The van der Waals surface area contributed by atoms with E-state index in [0.29, 0.717) is 0 Å². The smallest absolute Gasteiger partial charge is 0.481 e. The van der Waals surface area contributed by atoms with E-state index in [4.69, 9.17) is 11.6 Å². The quantitative estimate of drug-likeness (QED) is 0.483. The molecule has 0 aliphatic rings. The number of hydrogen-bond acceptors (Lipinski definition) is 5. The van der Waals surface area contributed by atoms with Crippen LogP contribution >= 0.6 is 11.6 Å². The fourth-order valence-corrected chi connectivity index (χ4v) is 1.29. The molecule has 10 heteroatoms. The Bertz CT molecular complexity index is 466. The van der Waals surface area contributed by atoms with E-state index in [0.717, 1.165) is 13.2 Å². The monoisotopic (exact) mass is 286 g/mol. The van der Waals surface area contributed by atoms with Gasteiger partial charge in [-0.2, -0.15) is 0 Å². The van der Waals surface area contributed by atoms with Crippen molar-refractivity contribution in [2.75, 3.05) is 7.11 Å². The first-order valence-corrected chi connectivity index (χ1v) is 4.86. The van der Waals surface area contributed by atoms with Crippen molar-refractivity contribution in [1.82, 2.24) is 4.98 Å². The predicted octanol–water partition coefficient (Wildman–Crippen LogP) is 2.64. The number of halogens is 4. The number of rotatable bonds is 4. The molecule has 6 nitrogen and oxygen atoms in total. The fourth-order valence-electron chi connectivity index (χ4n) is 1.10. The third-order valence-electron chi connectivity index (χ3n) is 1.75. The molecule has 100 valence electrons. The van der Waals surface area contributed by atoms with Crippen molar-refractivity contribution >= 4 is 17.3 Å². The van der Waals surface area contributed by atoms with Crippen LogP contribution in [-0.2, 0) is 5.88 Å². The van der Waals surface area contributed by atoms with E-state index in [2.05, 4.69) is 14.5 Å². The molecule has 0 saturated carbocycles. The second-order valence-corrected chi connectivity index (χ2v) is 3.17. The van der Waals surface area contributed by atoms with E-state index < -0.39 is 34.3 Å². The molecule has 1 rings (SSSR count). The van der Waals surface area contributed by atoms with Gasteiger partial charge in [-0.1, -0.05) is 0 Å². The summed E-state index contributed by atoms with van der Waals surface area (Å²) >= 11 is 5.38. The Morgan fingerprint density at radius 3 is 2.56 bits per heavy atom. The molecule has 0 saturated heterocycles. The molecule has 0 aliphatic heterocycles. The molecule has 0 aromatic carbocycles. The molecule has 0 radical (unpaired) electrons. The van der Waals surface area contributed by atoms with Gasteiger partial charge >= 0.3 is 12.0 Å². The van der Waals surface area contributed by atoms with Gasteiger partial charge in [-0.25, -0.2) is 4.98 Å². The van der Waals surface area contributed by atoms with Crippen LogP contribution in [0.1, 0.15) is 5.69 Å². The van der Waals surface area contributed by atoms with Crippen molar-refractivity contribution in [2.24, 2.45) is 0 Å². The van der Waals surface area contributed by atoms with Crippen LogP contribution in [0.3, 0.4) is 0 Å². The molecule has 1 aromatic rings. The summed E-state index contributed by atoms with van der Waals surface area (Å²) in [6.07, 6.45) is -5.08. The highest BCUT2D eigenvalue weighted by molar-refractivity contribution is 6.17. The summed E-state index contributed by atoms with van der Waals surface area (Å²) in [5.41, 5.74) is -1.35. The van der Waals surface area contributed by atoms with Gasteiger partial charge in [0.2, 0.25) is 11.6 Å². The van der Waals surface area contributed by atoms with Crippen LogP contribution < -0.4 is 9.47 Å². The number of nitrogens with zero attached hydrogens (tertiary/aromatic N) is 2. The molecule has 18 heavy (non-hydrogen) atoms. The maximum absolute atomic E-state index is 12.1. The van der Waals surface area contributed by atoms with E-state index in [1.807, 2.05) is 0 Å². The van der Waals surface area contributed by atoms with Gasteiger partial charge in [-0.3, -0.25) is 10.1 Å². The Kier molecular flexibility index (Phi) is 4.17. The summed E-state index contributed by atoms with van der Waals surface area (Å²) in [7, 11) is 1.16. The molecular formula is C8H6ClF3N2O4. The normalized spacial score (nSPS) is 11.2. The highest BCUT2D eigenvalue weighted by atomic mass is 35.5. The lowest BCUT2D eigenvalue weighted by Gasteiger charge is -2.12. The Morgan fingerprint density at radius 2 is 2.17 bits per heavy atom. The first kappa shape index (κ1) is 14.3. The molecule has 0 N–H and O–H groups in total. The number of alkyl halides is 4. The molecule has 0 aliphatic carbocycles. The molecule has 1 aromatic heterocycles. The van der Waals surface area contributed by atoms with Crippen LogP contribution in [0.4, 0.5) is 18.9 Å². The third kappa shape index (κ3) is 3.36. The number of nitro groups is 1. The van der Waals surface area contributed by atoms with Crippen LogP contribution in [0, 0.1) is 10.1 Å². The molecule has 0 spiro atoms. The van der Waals surface area contributed by atoms with Gasteiger partial charge < -0.3 is 9.47 Å². The molecule has 0 unspecified atom stereocenters. The number of pyridine rings is 1. The number of hydrogen-bond donors (Lipinski definition) is 0. The van der Waals surface area contributed by atoms with Crippen molar-refractivity contribution in [2.45, 2.75) is 12.2 Å². The van der Waals surface area contributed by atoms with Crippen LogP contribution in [0.15, 0.2) is 6.07 Å². The standard InChI is InChI=1S/C8H6ClF3N2O4/c1-17-6-2-5(14(15)16)7(4(3-9)13-6)18-8(10,11)12/h2H,3H2,1H3. The van der Waals surface area contributed by atoms with Crippen LogP contribution in [0.2, 0.25) is 0 Å². The second-order valence-electron chi connectivity index (χ2n) is 2.90. The van der Waals surface area contributed by atoms with E-state index in [9.17, 15) is 23.3 Å². The lowest BCUT2D eigenvalue weighted by Crippen LogP contribution is -2.19. The second kappa shape index (κ2) is 5.25. The predicted molar refractivity (Wildman–Crippen MR) is 53.7 cm³/mol. The number of aromatic nitrogens is 1. The van der Waals surface area contributed by atoms with Crippen LogP contribution in [-0.4, -0.2) is 23.4 Å². The summed E-state index contributed by atoms with van der Waals surface area (Å²) in [4.78, 5) is 13.2.